The average Bonchev–Trinajstić information content (AvgIpc) is 3.14. The molecule has 0 amide bonds. The summed E-state index contributed by atoms with van der Waals surface area (Å²) in [7, 11) is 2.12. The molecule has 32 heavy (non-hydrogen) atoms. The van der Waals surface area contributed by atoms with Crippen molar-refractivity contribution in [3.63, 3.8) is 0 Å². The maximum absolute atomic E-state index is 12.1. The first-order chi connectivity index (χ1) is 15.4. The van der Waals surface area contributed by atoms with Gasteiger partial charge in [0.05, 0.1) is 12.3 Å². The van der Waals surface area contributed by atoms with E-state index >= 15 is 0 Å². The summed E-state index contributed by atoms with van der Waals surface area (Å²) in [6.07, 6.45) is 1.07. The van der Waals surface area contributed by atoms with Gasteiger partial charge >= 0.3 is 5.97 Å². The number of ether oxygens (including phenoxy) is 1. The Morgan fingerprint density at radius 3 is 2.31 bits per heavy atom. The van der Waals surface area contributed by atoms with Gasteiger partial charge in [-0.25, -0.2) is 9.78 Å². The van der Waals surface area contributed by atoms with Crippen molar-refractivity contribution in [3.8, 4) is 0 Å². The third-order valence-corrected chi connectivity index (χ3v) is 6.70. The smallest absolute Gasteiger partial charge is 0.350 e. The number of thiazole rings is 1. The predicted molar refractivity (Wildman–Crippen MR) is 124 cm³/mol. The van der Waals surface area contributed by atoms with Crippen molar-refractivity contribution in [3.05, 3.63) is 16.6 Å². The Bertz CT molecular complexity index is 978. The number of Topliss-reactive ketones (excluding diaryl/α,β-unsaturated/α-hetero) is 1. The summed E-state index contributed by atoms with van der Waals surface area (Å²) in [5.74, 6) is 1.99. The lowest BCUT2D eigenvalue weighted by molar-refractivity contribution is -0.119. The molecule has 10 nitrogen and oxygen atoms in total. The van der Waals surface area contributed by atoms with E-state index in [9.17, 15) is 9.59 Å². The molecular weight excluding hydrogens is 430 g/mol. The van der Waals surface area contributed by atoms with E-state index in [2.05, 4.69) is 32.0 Å². The SMILES string of the molecule is CCOC(=O)c1sc(Nc2nc(N3CCC(=O)CC3)cc(N3CCN(C)CC3)n2)nc1C. The van der Waals surface area contributed by atoms with E-state index in [-0.39, 0.29) is 11.8 Å². The molecule has 2 aliphatic rings. The Kier molecular flexibility index (Phi) is 6.85. The normalized spacial score (nSPS) is 17.5. The van der Waals surface area contributed by atoms with Crippen molar-refractivity contribution < 1.29 is 14.3 Å². The maximum Gasteiger partial charge on any atom is 0.350 e. The van der Waals surface area contributed by atoms with Gasteiger partial charge in [0, 0.05) is 58.2 Å². The first kappa shape index (κ1) is 22.4. The summed E-state index contributed by atoms with van der Waals surface area (Å²) in [6.45, 7) is 8.89. The van der Waals surface area contributed by atoms with Gasteiger partial charge in [0.1, 0.15) is 22.3 Å². The number of esters is 1. The number of piperazine rings is 1. The van der Waals surface area contributed by atoms with Crippen LogP contribution in [0.2, 0.25) is 0 Å². The Balaban J connectivity index is 1.61. The monoisotopic (exact) mass is 459 g/mol. The maximum atomic E-state index is 12.1. The molecular formula is C21H29N7O3S. The molecule has 2 aromatic rings. The Labute approximate surface area is 191 Å². The molecule has 0 saturated carbocycles. The summed E-state index contributed by atoms with van der Waals surface area (Å²) >= 11 is 1.23. The van der Waals surface area contributed by atoms with E-state index in [1.807, 2.05) is 6.07 Å². The number of aromatic nitrogens is 3. The quantitative estimate of drug-likeness (QED) is 0.646. The highest BCUT2D eigenvalue weighted by atomic mass is 32.1. The number of nitrogens with zero attached hydrogens (tertiary/aromatic N) is 6. The molecule has 0 bridgehead atoms. The van der Waals surface area contributed by atoms with Crippen LogP contribution in [0.25, 0.3) is 0 Å². The number of aryl methyl sites for hydroxylation is 1. The second kappa shape index (κ2) is 9.78. The molecule has 0 radical (unpaired) electrons. The van der Waals surface area contributed by atoms with Crippen LogP contribution in [0, 0.1) is 6.92 Å². The van der Waals surface area contributed by atoms with Crippen LogP contribution in [0.3, 0.4) is 0 Å². The van der Waals surface area contributed by atoms with Gasteiger partial charge in [0.2, 0.25) is 5.95 Å². The van der Waals surface area contributed by atoms with Crippen molar-refractivity contribution in [1.29, 1.82) is 0 Å². The molecule has 2 saturated heterocycles. The Morgan fingerprint density at radius 2 is 1.69 bits per heavy atom. The van der Waals surface area contributed by atoms with E-state index < -0.39 is 0 Å². The summed E-state index contributed by atoms with van der Waals surface area (Å²) in [5.41, 5.74) is 0.612. The fourth-order valence-electron chi connectivity index (χ4n) is 3.75. The number of rotatable bonds is 6. The number of hydrogen-bond acceptors (Lipinski definition) is 11. The van der Waals surface area contributed by atoms with Gasteiger partial charge in [-0.2, -0.15) is 9.97 Å². The fourth-order valence-corrected chi connectivity index (χ4v) is 4.61. The summed E-state index contributed by atoms with van der Waals surface area (Å²) in [5, 5.41) is 3.73. The molecule has 172 valence electrons. The van der Waals surface area contributed by atoms with Crippen LogP contribution in [-0.2, 0) is 9.53 Å². The number of likely N-dealkylation sites (N-methyl/N-ethyl adjacent to an activating group) is 1. The molecule has 2 aromatic heterocycles. The first-order valence-electron chi connectivity index (χ1n) is 10.9. The van der Waals surface area contributed by atoms with Crippen LogP contribution in [-0.4, -0.2) is 84.5 Å². The minimum absolute atomic E-state index is 0.290. The number of carbonyl (C=O) groups excluding carboxylic acids is 2. The fraction of sp³-hybridized carbons (Fsp3) is 0.571. The molecule has 2 fully saturated rings. The van der Waals surface area contributed by atoms with Crippen molar-refractivity contribution in [2.75, 3.05) is 68.0 Å². The second-order valence-corrected chi connectivity index (χ2v) is 9.00. The zero-order valence-corrected chi connectivity index (χ0v) is 19.6. The number of piperidine rings is 1. The number of carbonyl (C=O) groups is 2. The summed E-state index contributed by atoms with van der Waals surface area (Å²) in [6, 6.07) is 2.00. The lowest BCUT2D eigenvalue weighted by Crippen LogP contribution is -2.45. The molecule has 4 heterocycles. The predicted octanol–water partition coefficient (Wildman–Crippen LogP) is 2.08. The number of hydrogen-bond donors (Lipinski definition) is 1. The number of ketones is 1. The third-order valence-electron chi connectivity index (χ3n) is 5.65. The molecule has 0 aliphatic carbocycles. The van der Waals surface area contributed by atoms with Gasteiger partial charge in [-0.3, -0.25) is 10.1 Å². The molecule has 0 aromatic carbocycles. The van der Waals surface area contributed by atoms with Crippen LogP contribution in [0.4, 0.5) is 22.7 Å². The minimum atomic E-state index is -0.374. The highest BCUT2D eigenvalue weighted by Gasteiger charge is 2.23. The Hall–Kier alpha value is -2.79. The molecule has 0 spiro atoms. The van der Waals surface area contributed by atoms with Crippen LogP contribution >= 0.6 is 11.3 Å². The largest absolute Gasteiger partial charge is 0.462 e. The molecule has 11 heteroatoms. The molecule has 2 aliphatic heterocycles. The average molecular weight is 460 g/mol. The highest BCUT2D eigenvalue weighted by molar-refractivity contribution is 7.17. The topological polar surface area (TPSA) is 104 Å². The number of anilines is 4. The lowest BCUT2D eigenvalue weighted by Gasteiger charge is -2.34. The van der Waals surface area contributed by atoms with Crippen molar-refractivity contribution in [1.82, 2.24) is 19.9 Å². The molecule has 0 unspecified atom stereocenters. The third kappa shape index (κ3) is 5.16. The zero-order chi connectivity index (χ0) is 22.7. The standard InChI is InChI=1S/C21H29N7O3S/c1-4-31-19(30)18-14(2)22-21(32-18)25-20-23-16(27-7-5-15(29)6-8-27)13-17(24-20)28-11-9-26(3)10-12-28/h13H,4-12H2,1-3H3,(H,22,23,24,25). The van der Waals surface area contributed by atoms with E-state index in [4.69, 9.17) is 14.7 Å². The molecule has 4 rings (SSSR count). The van der Waals surface area contributed by atoms with Crippen LogP contribution in [0.15, 0.2) is 6.07 Å². The van der Waals surface area contributed by atoms with Gasteiger partial charge in [0.15, 0.2) is 5.13 Å². The molecule has 0 atom stereocenters. The van der Waals surface area contributed by atoms with E-state index in [0.717, 1.165) is 37.8 Å². The second-order valence-electron chi connectivity index (χ2n) is 8.00. The van der Waals surface area contributed by atoms with E-state index in [1.54, 1.807) is 13.8 Å². The lowest BCUT2D eigenvalue weighted by atomic mass is 10.1. The van der Waals surface area contributed by atoms with Gasteiger partial charge in [-0.1, -0.05) is 11.3 Å². The summed E-state index contributed by atoms with van der Waals surface area (Å²) < 4.78 is 5.11. The van der Waals surface area contributed by atoms with Gasteiger partial charge < -0.3 is 19.4 Å². The minimum Gasteiger partial charge on any atom is -0.462 e. The van der Waals surface area contributed by atoms with Crippen LogP contribution < -0.4 is 15.1 Å². The van der Waals surface area contributed by atoms with Gasteiger partial charge in [-0.05, 0) is 20.9 Å². The van der Waals surface area contributed by atoms with Crippen molar-refractivity contribution in [2.45, 2.75) is 26.7 Å². The van der Waals surface area contributed by atoms with E-state index in [0.29, 0.717) is 54.2 Å². The zero-order valence-electron chi connectivity index (χ0n) is 18.8. The van der Waals surface area contributed by atoms with Gasteiger partial charge in [0.25, 0.3) is 0 Å². The number of nitrogens with one attached hydrogen (secondary N) is 1. The van der Waals surface area contributed by atoms with Crippen LogP contribution in [0.1, 0.15) is 35.1 Å². The van der Waals surface area contributed by atoms with Crippen molar-refractivity contribution in [2.24, 2.45) is 0 Å². The van der Waals surface area contributed by atoms with E-state index in [1.165, 1.54) is 11.3 Å². The van der Waals surface area contributed by atoms with Gasteiger partial charge in [-0.15, -0.1) is 0 Å². The Morgan fingerprint density at radius 1 is 1.06 bits per heavy atom. The van der Waals surface area contributed by atoms with Crippen molar-refractivity contribution >= 4 is 45.8 Å². The van der Waals surface area contributed by atoms with Crippen LogP contribution in [0.5, 0.6) is 0 Å². The highest BCUT2D eigenvalue weighted by Crippen LogP contribution is 2.29. The molecule has 1 N–H and O–H groups in total. The summed E-state index contributed by atoms with van der Waals surface area (Å²) in [4.78, 5) is 44.9. The first-order valence-corrected chi connectivity index (χ1v) is 11.8.